The van der Waals surface area contributed by atoms with Crippen LogP contribution < -0.4 is 10.5 Å². The van der Waals surface area contributed by atoms with Crippen molar-refractivity contribution in [3.05, 3.63) is 23.8 Å². The van der Waals surface area contributed by atoms with Gasteiger partial charge in [0.2, 0.25) is 10.0 Å². The van der Waals surface area contributed by atoms with Gasteiger partial charge in [0.1, 0.15) is 0 Å². The van der Waals surface area contributed by atoms with Gasteiger partial charge >= 0.3 is 0 Å². The van der Waals surface area contributed by atoms with Crippen LogP contribution in [0.25, 0.3) is 0 Å². The van der Waals surface area contributed by atoms with E-state index in [1.165, 1.54) is 19.3 Å². The predicted octanol–water partition coefficient (Wildman–Crippen LogP) is 2.68. The third kappa shape index (κ3) is 3.52. The second-order valence-corrected chi connectivity index (χ2v) is 7.63. The number of aryl methyl sites for hydroxylation is 1. The van der Waals surface area contributed by atoms with Gasteiger partial charge in [0.15, 0.2) is 0 Å². The quantitative estimate of drug-likeness (QED) is 0.839. The lowest BCUT2D eigenvalue weighted by Crippen LogP contribution is -2.33. The Labute approximate surface area is 121 Å². The molecule has 1 aliphatic rings. The molecule has 0 aliphatic heterocycles. The summed E-state index contributed by atoms with van der Waals surface area (Å²) in [6, 6.07) is 4.90. The molecule has 0 heterocycles. The third-order valence-corrected chi connectivity index (χ3v) is 5.90. The first-order chi connectivity index (χ1) is 9.40. The van der Waals surface area contributed by atoms with E-state index in [4.69, 9.17) is 5.73 Å². The van der Waals surface area contributed by atoms with Gasteiger partial charge in [-0.1, -0.05) is 26.2 Å². The lowest BCUT2D eigenvalue weighted by atomic mass is 9.81. The molecule has 1 saturated carbocycles. The van der Waals surface area contributed by atoms with Crippen molar-refractivity contribution in [1.29, 1.82) is 0 Å². The van der Waals surface area contributed by atoms with Gasteiger partial charge in [0.05, 0.1) is 4.90 Å². The Morgan fingerprint density at radius 1 is 1.30 bits per heavy atom. The van der Waals surface area contributed by atoms with E-state index in [9.17, 15) is 8.42 Å². The number of hydrogen-bond donors (Lipinski definition) is 2. The molecule has 1 aromatic rings. The summed E-state index contributed by atoms with van der Waals surface area (Å²) in [4.78, 5) is 0.329. The Balaban J connectivity index is 2.07. The van der Waals surface area contributed by atoms with Crippen LogP contribution in [0.5, 0.6) is 0 Å². The summed E-state index contributed by atoms with van der Waals surface area (Å²) in [6.07, 6.45) is 4.79. The molecular weight excluding hydrogens is 272 g/mol. The van der Waals surface area contributed by atoms with Crippen molar-refractivity contribution in [3.63, 3.8) is 0 Å². The highest BCUT2D eigenvalue weighted by Crippen LogP contribution is 2.29. The Hall–Kier alpha value is -1.07. The van der Waals surface area contributed by atoms with Crippen molar-refractivity contribution in [2.45, 2.75) is 44.4 Å². The van der Waals surface area contributed by atoms with Crippen LogP contribution >= 0.6 is 0 Å². The zero-order chi connectivity index (χ0) is 14.8. The number of hydrogen-bond acceptors (Lipinski definition) is 3. The minimum atomic E-state index is -3.44. The van der Waals surface area contributed by atoms with Crippen LogP contribution in [0.15, 0.2) is 23.1 Å². The first-order valence-corrected chi connectivity index (χ1v) is 8.74. The molecule has 20 heavy (non-hydrogen) atoms. The fourth-order valence-corrected chi connectivity index (χ4v) is 4.28. The van der Waals surface area contributed by atoms with Gasteiger partial charge in [0.25, 0.3) is 0 Å². The first kappa shape index (κ1) is 15.3. The van der Waals surface area contributed by atoms with E-state index >= 15 is 0 Å². The molecule has 0 spiro atoms. The summed E-state index contributed by atoms with van der Waals surface area (Å²) < 4.78 is 27.5. The van der Waals surface area contributed by atoms with Gasteiger partial charge in [-0.2, -0.15) is 0 Å². The molecule has 3 N–H and O–H groups in total. The van der Waals surface area contributed by atoms with Crippen LogP contribution in [0.4, 0.5) is 5.69 Å². The van der Waals surface area contributed by atoms with Crippen molar-refractivity contribution >= 4 is 15.7 Å². The zero-order valence-corrected chi connectivity index (χ0v) is 13.0. The number of nitrogen functional groups attached to an aromatic ring is 1. The Morgan fingerprint density at radius 2 is 2.00 bits per heavy atom. The van der Waals surface area contributed by atoms with E-state index in [0.29, 0.717) is 34.5 Å². The van der Waals surface area contributed by atoms with Crippen molar-refractivity contribution in [3.8, 4) is 0 Å². The number of nitrogens with one attached hydrogen (secondary N) is 1. The Bertz CT molecular complexity index is 569. The van der Waals surface area contributed by atoms with Crippen LogP contribution in [-0.4, -0.2) is 15.0 Å². The molecule has 1 aliphatic carbocycles. The van der Waals surface area contributed by atoms with Crippen LogP contribution in [-0.2, 0) is 10.0 Å². The van der Waals surface area contributed by atoms with Gasteiger partial charge in [-0.15, -0.1) is 0 Å². The molecular formula is C15H24N2O2S. The van der Waals surface area contributed by atoms with E-state index in [1.54, 1.807) is 25.1 Å². The fourth-order valence-electron chi connectivity index (χ4n) is 2.96. The highest BCUT2D eigenvalue weighted by Gasteiger charge is 2.24. The lowest BCUT2D eigenvalue weighted by molar-refractivity contribution is 0.257. The topological polar surface area (TPSA) is 72.2 Å². The maximum atomic E-state index is 12.4. The molecule has 0 saturated heterocycles. The minimum absolute atomic E-state index is 0.329. The SMILES string of the molecule is Cc1cc(N)ccc1S(=O)(=O)NCC1CCCCC1C. The largest absolute Gasteiger partial charge is 0.399 e. The van der Waals surface area contributed by atoms with Crippen LogP contribution in [0.1, 0.15) is 38.2 Å². The Morgan fingerprint density at radius 3 is 2.65 bits per heavy atom. The average Bonchev–Trinajstić information content (AvgIpc) is 2.37. The molecule has 0 amide bonds. The summed E-state index contributed by atoms with van der Waals surface area (Å²) in [5.41, 5.74) is 6.94. The molecule has 5 heteroatoms. The van der Waals surface area contributed by atoms with E-state index < -0.39 is 10.0 Å². The maximum Gasteiger partial charge on any atom is 0.240 e. The summed E-state index contributed by atoms with van der Waals surface area (Å²) in [7, 11) is -3.44. The summed E-state index contributed by atoms with van der Waals surface area (Å²) in [5.74, 6) is 1.05. The van der Waals surface area contributed by atoms with Gasteiger partial charge in [0, 0.05) is 12.2 Å². The smallest absolute Gasteiger partial charge is 0.240 e. The monoisotopic (exact) mass is 296 g/mol. The Kier molecular flexibility index (Phi) is 4.70. The summed E-state index contributed by atoms with van der Waals surface area (Å²) in [5, 5.41) is 0. The molecule has 2 rings (SSSR count). The molecule has 2 unspecified atom stereocenters. The van der Waals surface area contributed by atoms with Gasteiger partial charge in [-0.25, -0.2) is 13.1 Å². The van der Waals surface area contributed by atoms with E-state index in [2.05, 4.69) is 11.6 Å². The van der Waals surface area contributed by atoms with Crippen LogP contribution in [0, 0.1) is 18.8 Å². The molecule has 4 nitrogen and oxygen atoms in total. The van der Waals surface area contributed by atoms with Gasteiger partial charge in [-0.3, -0.25) is 0 Å². The molecule has 0 aromatic heterocycles. The molecule has 0 radical (unpaired) electrons. The maximum absolute atomic E-state index is 12.4. The third-order valence-electron chi connectivity index (χ3n) is 4.31. The van der Waals surface area contributed by atoms with Crippen molar-refractivity contribution in [2.75, 3.05) is 12.3 Å². The lowest BCUT2D eigenvalue weighted by Gasteiger charge is -2.28. The second kappa shape index (κ2) is 6.14. The average molecular weight is 296 g/mol. The first-order valence-electron chi connectivity index (χ1n) is 7.26. The second-order valence-electron chi connectivity index (χ2n) is 5.90. The number of anilines is 1. The number of sulfonamides is 1. The molecule has 2 atom stereocenters. The van der Waals surface area contributed by atoms with E-state index in [-0.39, 0.29) is 0 Å². The minimum Gasteiger partial charge on any atom is -0.399 e. The fraction of sp³-hybridized carbons (Fsp3) is 0.600. The van der Waals surface area contributed by atoms with Gasteiger partial charge in [-0.05, 0) is 48.9 Å². The number of rotatable bonds is 4. The van der Waals surface area contributed by atoms with Crippen molar-refractivity contribution in [1.82, 2.24) is 4.72 Å². The van der Waals surface area contributed by atoms with Crippen molar-refractivity contribution in [2.24, 2.45) is 11.8 Å². The van der Waals surface area contributed by atoms with Crippen LogP contribution in [0.3, 0.4) is 0 Å². The summed E-state index contributed by atoms with van der Waals surface area (Å²) >= 11 is 0. The van der Waals surface area contributed by atoms with E-state index in [0.717, 1.165) is 6.42 Å². The van der Waals surface area contributed by atoms with Gasteiger partial charge < -0.3 is 5.73 Å². The number of benzene rings is 1. The summed E-state index contributed by atoms with van der Waals surface area (Å²) in [6.45, 7) is 4.52. The molecule has 1 aromatic carbocycles. The highest BCUT2D eigenvalue weighted by atomic mass is 32.2. The van der Waals surface area contributed by atoms with Crippen molar-refractivity contribution < 1.29 is 8.42 Å². The molecule has 1 fully saturated rings. The highest BCUT2D eigenvalue weighted by molar-refractivity contribution is 7.89. The van der Waals surface area contributed by atoms with E-state index in [1.807, 2.05) is 0 Å². The zero-order valence-electron chi connectivity index (χ0n) is 12.2. The normalized spacial score (nSPS) is 23.7. The molecule has 112 valence electrons. The molecule has 0 bridgehead atoms. The standard InChI is InChI=1S/C15H24N2O2S/c1-11-5-3-4-6-13(11)10-17-20(18,19)15-8-7-14(16)9-12(15)2/h7-9,11,13,17H,3-6,10,16H2,1-2H3. The number of nitrogens with two attached hydrogens (primary N) is 1. The van der Waals surface area contributed by atoms with Crippen LogP contribution in [0.2, 0.25) is 0 Å². The predicted molar refractivity (Wildman–Crippen MR) is 81.9 cm³/mol.